The Morgan fingerprint density at radius 2 is 1.81 bits per heavy atom. The van der Waals surface area contributed by atoms with Crippen LogP contribution in [0.1, 0.15) is 29.8 Å². The van der Waals surface area contributed by atoms with Gasteiger partial charge < -0.3 is 14.0 Å². The SMILES string of the molecule is C=C1OB(c2cc(C(F)(F)F)ccc2OC(=O)c2ccccc2)OC1(C)C. The molecule has 0 aromatic heterocycles. The molecule has 3 rings (SSSR count). The molecular weight excluding hydrogens is 360 g/mol. The van der Waals surface area contributed by atoms with Gasteiger partial charge in [0.2, 0.25) is 0 Å². The average Bonchev–Trinajstić information content (AvgIpc) is 2.88. The molecule has 2 aromatic carbocycles. The molecule has 0 bridgehead atoms. The molecule has 0 spiro atoms. The number of alkyl halides is 3. The summed E-state index contributed by atoms with van der Waals surface area (Å²) in [4.78, 5) is 12.3. The van der Waals surface area contributed by atoms with Crippen molar-refractivity contribution in [3.63, 3.8) is 0 Å². The van der Waals surface area contributed by atoms with Crippen LogP contribution in [0.4, 0.5) is 13.2 Å². The lowest BCUT2D eigenvalue weighted by atomic mass is 9.77. The lowest BCUT2D eigenvalue weighted by molar-refractivity contribution is -0.137. The first-order valence-electron chi connectivity index (χ1n) is 8.10. The summed E-state index contributed by atoms with van der Waals surface area (Å²) in [5, 5.41) is 0. The van der Waals surface area contributed by atoms with Gasteiger partial charge >= 0.3 is 19.3 Å². The van der Waals surface area contributed by atoms with Crippen LogP contribution in [0.15, 0.2) is 60.9 Å². The van der Waals surface area contributed by atoms with E-state index in [9.17, 15) is 18.0 Å². The number of hydrogen-bond acceptors (Lipinski definition) is 4. The summed E-state index contributed by atoms with van der Waals surface area (Å²) in [5.74, 6) is -0.509. The summed E-state index contributed by atoms with van der Waals surface area (Å²) in [7, 11) is -1.17. The van der Waals surface area contributed by atoms with Crippen LogP contribution in [0, 0.1) is 0 Å². The number of esters is 1. The summed E-state index contributed by atoms with van der Waals surface area (Å²) in [6.45, 7) is 7.07. The van der Waals surface area contributed by atoms with Gasteiger partial charge in [0.1, 0.15) is 11.4 Å². The predicted molar refractivity (Wildman–Crippen MR) is 93.6 cm³/mol. The smallest absolute Gasteiger partial charge is 0.534 e. The molecule has 1 fully saturated rings. The minimum atomic E-state index is -4.57. The second-order valence-corrected chi connectivity index (χ2v) is 6.51. The Morgan fingerprint density at radius 1 is 1.15 bits per heavy atom. The Bertz CT molecular complexity index is 878. The highest BCUT2D eigenvalue weighted by molar-refractivity contribution is 6.63. The van der Waals surface area contributed by atoms with Gasteiger partial charge in [0.15, 0.2) is 0 Å². The van der Waals surface area contributed by atoms with E-state index in [1.54, 1.807) is 44.2 Å². The third kappa shape index (κ3) is 4.00. The maximum Gasteiger partial charge on any atom is 0.567 e. The molecule has 2 aromatic rings. The molecule has 1 aliphatic heterocycles. The summed E-state index contributed by atoms with van der Waals surface area (Å²) in [6, 6.07) is 10.9. The normalized spacial score (nSPS) is 16.2. The van der Waals surface area contributed by atoms with Crippen molar-refractivity contribution < 1.29 is 32.0 Å². The van der Waals surface area contributed by atoms with Crippen LogP contribution in [0.5, 0.6) is 5.75 Å². The van der Waals surface area contributed by atoms with E-state index >= 15 is 0 Å². The number of benzene rings is 2. The summed E-state index contributed by atoms with van der Waals surface area (Å²) in [5.41, 5.74) is -1.57. The van der Waals surface area contributed by atoms with Crippen molar-refractivity contribution in [1.29, 1.82) is 0 Å². The van der Waals surface area contributed by atoms with Crippen molar-refractivity contribution in [2.24, 2.45) is 0 Å². The van der Waals surface area contributed by atoms with E-state index in [0.29, 0.717) is 0 Å². The van der Waals surface area contributed by atoms with E-state index in [-0.39, 0.29) is 22.5 Å². The Morgan fingerprint density at radius 3 is 2.37 bits per heavy atom. The maximum absolute atomic E-state index is 13.1. The van der Waals surface area contributed by atoms with Gasteiger partial charge in [-0.15, -0.1) is 0 Å². The molecule has 8 heteroatoms. The van der Waals surface area contributed by atoms with Crippen LogP contribution in [-0.4, -0.2) is 18.7 Å². The van der Waals surface area contributed by atoms with Crippen molar-refractivity contribution in [3.05, 3.63) is 72.0 Å². The zero-order chi connectivity index (χ0) is 19.8. The molecule has 0 saturated carbocycles. The van der Waals surface area contributed by atoms with Gasteiger partial charge in [-0.3, -0.25) is 0 Å². The van der Waals surface area contributed by atoms with Gasteiger partial charge in [-0.05, 0) is 44.2 Å². The van der Waals surface area contributed by atoms with E-state index in [1.165, 1.54) is 0 Å². The first-order chi connectivity index (χ1) is 12.6. The largest absolute Gasteiger partial charge is 0.567 e. The van der Waals surface area contributed by atoms with E-state index < -0.39 is 30.4 Å². The van der Waals surface area contributed by atoms with Crippen LogP contribution in [0.25, 0.3) is 0 Å². The molecule has 4 nitrogen and oxygen atoms in total. The van der Waals surface area contributed by atoms with Crippen LogP contribution < -0.4 is 10.2 Å². The fourth-order valence-electron chi connectivity index (χ4n) is 2.49. The van der Waals surface area contributed by atoms with Gasteiger partial charge in [0.25, 0.3) is 0 Å². The molecule has 1 heterocycles. The molecule has 1 saturated heterocycles. The molecule has 0 unspecified atom stereocenters. The van der Waals surface area contributed by atoms with Crippen molar-refractivity contribution in [3.8, 4) is 5.75 Å². The third-order valence-electron chi connectivity index (χ3n) is 4.13. The van der Waals surface area contributed by atoms with Crippen LogP contribution in [0.3, 0.4) is 0 Å². The fourth-order valence-corrected chi connectivity index (χ4v) is 2.49. The molecule has 27 heavy (non-hydrogen) atoms. The lowest BCUT2D eigenvalue weighted by Gasteiger charge is -2.17. The van der Waals surface area contributed by atoms with Gasteiger partial charge in [-0.2, -0.15) is 13.2 Å². The monoisotopic (exact) mass is 376 g/mol. The topological polar surface area (TPSA) is 44.8 Å². The molecule has 0 amide bonds. The summed E-state index contributed by atoms with van der Waals surface area (Å²) in [6.07, 6.45) is -4.57. The number of ether oxygens (including phenoxy) is 1. The highest BCUT2D eigenvalue weighted by Crippen LogP contribution is 2.33. The second kappa shape index (κ2) is 6.77. The average molecular weight is 376 g/mol. The number of carbonyl (C=O) groups is 1. The minimum absolute atomic E-state index is 0.0409. The second-order valence-electron chi connectivity index (χ2n) is 6.51. The van der Waals surface area contributed by atoms with E-state index in [2.05, 4.69) is 6.58 Å². The van der Waals surface area contributed by atoms with E-state index in [4.69, 9.17) is 14.0 Å². The Hall–Kier alpha value is -2.74. The third-order valence-corrected chi connectivity index (χ3v) is 4.13. The van der Waals surface area contributed by atoms with Crippen molar-refractivity contribution in [2.75, 3.05) is 0 Å². The van der Waals surface area contributed by atoms with Crippen LogP contribution >= 0.6 is 0 Å². The predicted octanol–water partition coefficient (Wildman–Crippen LogP) is 3.96. The standard InChI is InChI=1S/C19H16BF3O4/c1-12-18(2,3)27-20(26-12)15-11-14(19(21,22)23)9-10-16(15)25-17(24)13-7-5-4-6-8-13/h4-11H,1H2,2-3H3. The first kappa shape index (κ1) is 19.0. The van der Waals surface area contributed by atoms with Crippen molar-refractivity contribution in [2.45, 2.75) is 25.6 Å². The first-order valence-corrected chi connectivity index (χ1v) is 8.10. The zero-order valence-electron chi connectivity index (χ0n) is 14.7. The Balaban J connectivity index is 1.98. The zero-order valence-corrected chi connectivity index (χ0v) is 14.7. The van der Waals surface area contributed by atoms with E-state index in [1.807, 2.05) is 0 Å². The number of halogens is 3. The summed E-state index contributed by atoms with van der Waals surface area (Å²) < 4.78 is 55.9. The van der Waals surface area contributed by atoms with Gasteiger partial charge in [-0.1, -0.05) is 24.8 Å². The highest BCUT2D eigenvalue weighted by Gasteiger charge is 2.45. The Labute approximate surface area is 154 Å². The molecule has 0 N–H and O–H groups in total. The summed E-state index contributed by atoms with van der Waals surface area (Å²) >= 11 is 0. The maximum atomic E-state index is 13.1. The number of rotatable bonds is 3. The molecule has 140 valence electrons. The Kier molecular flexibility index (Phi) is 4.78. The lowest BCUT2D eigenvalue weighted by Crippen LogP contribution is -2.36. The molecular formula is C19H16BF3O4. The molecule has 0 radical (unpaired) electrons. The van der Waals surface area contributed by atoms with E-state index in [0.717, 1.165) is 18.2 Å². The van der Waals surface area contributed by atoms with Crippen molar-refractivity contribution in [1.82, 2.24) is 0 Å². The van der Waals surface area contributed by atoms with Gasteiger partial charge in [0, 0.05) is 5.46 Å². The molecule has 0 atom stereocenters. The van der Waals surface area contributed by atoms with Crippen molar-refractivity contribution >= 4 is 18.6 Å². The van der Waals surface area contributed by atoms with Crippen LogP contribution in [0.2, 0.25) is 0 Å². The quantitative estimate of drug-likeness (QED) is 0.462. The van der Waals surface area contributed by atoms with Gasteiger partial charge in [-0.25, -0.2) is 4.79 Å². The fraction of sp³-hybridized carbons (Fsp3) is 0.211. The van der Waals surface area contributed by atoms with Gasteiger partial charge in [0.05, 0.1) is 16.9 Å². The van der Waals surface area contributed by atoms with Crippen LogP contribution in [-0.2, 0) is 15.5 Å². The highest BCUT2D eigenvalue weighted by atomic mass is 19.4. The minimum Gasteiger partial charge on any atom is -0.534 e. The molecule has 1 aliphatic rings. The molecule has 0 aliphatic carbocycles. The number of carbonyl (C=O) groups excluding carboxylic acids is 1. The number of hydrogen-bond donors (Lipinski definition) is 0.